The first-order valence-corrected chi connectivity index (χ1v) is 5.99. The molecular formula is C12H14NO2S. The lowest BCUT2D eigenvalue weighted by Crippen LogP contribution is -2.21. The van der Waals surface area contributed by atoms with Crippen LogP contribution in [-0.4, -0.2) is 23.8 Å². The Morgan fingerprint density at radius 2 is 1.94 bits per heavy atom. The van der Waals surface area contributed by atoms with Gasteiger partial charge in [-0.3, -0.25) is 14.9 Å². The van der Waals surface area contributed by atoms with Crippen LogP contribution in [0.25, 0.3) is 0 Å². The average molecular weight is 236 g/mol. The molecule has 0 bridgehead atoms. The number of nitrogens with zero attached hydrogens (tertiary/aromatic N) is 1. The standard InChI is InChI=1S/C12H14NO2S/c1-9(11(14)13-2)8-16-12(15)10-6-4-3-5-7-10/h3-7,9H,8H2,1-2H3. The second kappa shape index (κ2) is 6.33. The van der Waals surface area contributed by atoms with Gasteiger partial charge < -0.3 is 0 Å². The van der Waals surface area contributed by atoms with Crippen LogP contribution in [0.4, 0.5) is 0 Å². The lowest BCUT2D eigenvalue weighted by atomic mass is 10.2. The van der Waals surface area contributed by atoms with Crippen LogP contribution in [0.2, 0.25) is 0 Å². The van der Waals surface area contributed by atoms with Crippen LogP contribution in [0.5, 0.6) is 0 Å². The normalized spacial score (nSPS) is 11.9. The first kappa shape index (κ1) is 12.8. The molecule has 1 radical (unpaired) electrons. The zero-order valence-corrected chi connectivity index (χ0v) is 10.2. The van der Waals surface area contributed by atoms with Gasteiger partial charge in [0.1, 0.15) is 0 Å². The Morgan fingerprint density at radius 1 is 1.31 bits per heavy atom. The van der Waals surface area contributed by atoms with E-state index in [-0.39, 0.29) is 16.9 Å². The van der Waals surface area contributed by atoms with Crippen molar-refractivity contribution < 1.29 is 9.59 Å². The Hall–Kier alpha value is -1.29. The summed E-state index contributed by atoms with van der Waals surface area (Å²) in [5.74, 6) is 0.111. The predicted molar refractivity (Wildman–Crippen MR) is 65.5 cm³/mol. The van der Waals surface area contributed by atoms with E-state index in [9.17, 15) is 9.59 Å². The van der Waals surface area contributed by atoms with Gasteiger partial charge in [0.15, 0.2) is 0 Å². The highest BCUT2D eigenvalue weighted by Crippen LogP contribution is 2.15. The first-order valence-electron chi connectivity index (χ1n) is 5.01. The molecule has 16 heavy (non-hydrogen) atoms. The summed E-state index contributed by atoms with van der Waals surface area (Å²) in [5.41, 5.74) is 0.667. The minimum atomic E-state index is -0.206. The van der Waals surface area contributed by atoms with E-state index >= 15 is 0 Å². The second-order valence-corrected chi connectivity index (χ2v) is 4.42. The molecule has 3 nitrogen and oxygen atoms in total. The largest absolute Gasteiger partial charge is 0.282 e. The zero-order chi connectivity index (χ0) is 12.0. The second-order valence-electron chi connectivity index (χ2n) is 3.43. The number of carbonyl (C=O) groups excluding carboxylic acids is 2. The van der Waals surface area contributed by atoms with E-state index in [2.05, 4.69) is 5.32 Å². The quantitative estimate of drug-likeness (QED) is 0.803. The highest BCUT2D eigenvalue weighted by atomic mass is 32.2. The zero-order valence-electron chi connectivity index (χ0n) is 9.34. The molecule has 0 fully saturated rings. The first-order chi connectivity index (χ1) is 7.65. The van der Waals surface area contributed by atoms with Crippen molar-refractivity contribution in [1.29, 1.82) is 0 Å². The van der Waals surface area contributed by atoms with Gasteiger partial charge in [-0.25, -0.2) is 0 Å². The van der Waals surface area contributed by atoms with Gasteiger partial charge in [-0.05, 0) is 0 Å². The van der Waals surface area contributed by atoms with Gasteiger partial charge in [-0.1, -0.05) is 49.0 Å². The highest BCUT2D eigenvalue weighted by molar-refractivity contribution is 8.14. The highest BCUT2D eigenvalue weighted by Gasteiger charge is 2.15. The number of hydrogen-bond donors (Lipinski definition) is 0. The van der Waals surface area contributed by atoms with E-state index in [0.717, 1.165) is 11.8 Å². The van der Waals surface area contributed by atoms with Gasteiger partial charge in [0.05, 0.1) is 0 Å². The van der Waals surface area contributed by atoms with Crippen LogP contribution in [-0.2, 0) is 4.79 Å². The van der Waals surface area contributed by atoms with Crippen molar-refractivity contribution in [1.82, 2.24) is 5.32 Å². The fraction of sp³-hybridized carbons (Fsp3) is 0.333. The fourth-order valence-electron chi connectivity index (χ4n) is 1.15. The third-order valence-corrected chi connectivity index (χ3v) is 3.28. The van der Waals surface area contributed by atoms with Crippen molar-refractivity contribution in [3.05, 3.63) is 35.9 Å². The molecule has 1 rings (SSSR count). The fourth-order valence-corrected chi connectivity index (χ4v) is 2.00. The van der Waals surface area contributed by atoms with E-state index in [0.29, 0.717) is 11.3 Å². The molecule has 0 aliphatic carbocycles. The molecule has 0 heterocycles. The summed E-state index contributed by atoms with van der Waals surface area (Å²) in [6.45, 7) is 1.78. The number of benzene rings is 1. The molecule has 1 aromatic rings. The van der Waals surface area contributed by atoms with Crippen LogP contribution >= 0.6 is 11.8 Å². The van der Waals surface area contributed by atoms with Crippen LogP contribution in [0.3, 0.4) is 0 Å². The molecule has 0 aromatic heterocycles. The number of thioether (sulfide) groups is 1. The average Bonchev–Trinajstić information content (AvgIpc) is 2.35. The minimum absolute atomic E-state index is 0.00338. The van der Waals surface area contributed by atoms with E-state index in [4.69, 9.17) is 0 Å². The van der Waals surface area contributed by atoms with Gasteiger partial charge >= 0.3 is 0 Å². The monoisotopic (exact) mass is 236 g/mol. The van der Waals surface area contributed by atoms with Crippen molar-refractivity contribution in [2.24, 2.45) is 5.92 Å². The van der Waals surface area contributed by atoms with Crippen molar-refractivity contribution >= 4 is 22.8 Å². The number of carbonyl (C=O) groups is 2. The van der Waals surface area contributed by atoms with E-state index in [1.807, 2.05) is 18.2 Å². The van der Waals surface area contributed by atoms with E-state index in [1.54, 1.807) is 19.1 Å². The molecule has 0 saturated carbocycles. The molecule has 0 aliphatic heterocycles. The molecule has 0 N–H and O–H groups in total. The summed E-state index contributed by atoms with van der Waals surface area (Å²) >= 11 is 1.16. The Balaban J connectivity index is 2.45. The Kier molecular flexibility index (Phi) is 5.05. The number of rotatable bonds is 4. The van der Waals surface area contributed by atoms with Gasteiger partial charge in [0.2, 0.25) is 11.0 Å². The van der Waals surface area contributed by atoms with Crippen molar-refractivity contribution in [2.45, 2.75) is 6.92 Å². The van der Waals surface area contributed by atoms with E-state index < -0.39 is 0 Å². The Bertz CT molecular complexity index is 365. The molecule has 85 valence electrons. The molecule has 1 unspecified atom stereocenters. The molecule has 1 aromatic carbocycles. The maximum Gasteiger partial charge on any atom is 0.244 e. The summed E-state index contributed by atoms with van der Waals surface area (Å²) in [7, 11) is 1.47. The summed E-state index contributed by atoms with van der Waals surface area (Å²) in [5, 5.41) is 3.57. The molecule has 0 aliphatic rings. The number of hydrogen-bond acceptors (Lipinski definition) is 3. The van der Waals surface area contributed by atoms with Crippen LogP contribution in [0.1, 0.15) is 17.3 Å². The Morgan fingerprint density at radius 3 is 2.50 bits per heavy atom. The van der Waals surface area contributed by atoms with Crippen LogP contribution < -0.4 is 5.32 Å². The topological polar surface area (TPSA) is 48.2 Å². The van der Waals surface area contributed by atoms with Gasteiger partial charge in [0.25, 0.3) is 0 Å². The maximum atomic E-state index is 11.7. The maximum absolute atomic E-state index is 11.7. The summed E-state index contributed by atoms with van der Waals surface area (Å²) < 4.78 is 0. The third-order valence-electron chi connectivity index (χ3n) is 2.12. The lowest BCUT2D eigenvalue weighted by molar-refractivity contribution is -0.123. The smallest absolute Gasteiger partial charge is 0.244 e. The lowest BCUT2D eigenvalue weighted by Gasteiger charge is -2.06. The molecule has 1 amide bonds. The number of amides is 1. The van der Waals surface area contributed by atoms with Gasteiger partial charge in [0, 0.05) is 24.3 Å². The van der Waals surface area contributed by atoms with Crippen LogP contribution in [0, 0.1) is 5.92 Å². The van der Waals surface area contributed by atoms with Crippen molar-refractivity contribution in [2.75, 3.05) is 12.8 Å². The third kappa shape index (κ3) is 3.70. The predicted octanol–water partition coefficient (Wildman–Crippen LogP) is 1.96. The van der Waals surface area contributed by atoms with Gasteiger partial charge in [-0.15, -0.1) is 0 Å². The Labute approximate surface area is 99.6 Å². The van der Waals surface area contributed by atoms with Crippen molar-refractivity contribution in [3.63, 3.8) is 0 Å². The summed E-state index contributed by atoms with van der Waals surface area (Å²) in [6, 6.07) is 9.05. The van der Waals surface area contributed by atoms with E-state index in [1.165, 1.54) is 7.05 Å². The molecule has 0 spiro atoms. The van der Waals surface area contributed by atoms with Gasteiger partial charge in [-0.2, -0.15) is 0 Å². The summed E-state index contributed by atoms with van der Waals surface area (Å²) in [4.78, 5) is 22.9. The minimum Gasteiger partial charge on any atom is -0.282 e. The van der Waals surface area contributed by atoms with Crippen molar-refractivity contribution in [3.8, 4) is 0 Å². The van der Waals surface area contributed by atoms with Crippen LogP contribution in [0.15, 0.2) is 30.3 Å². The molecule has 1 atom stereocenters. The SMILES string of the molecule is C[N]C(=O)C(C)CSC(=O)c1ccccc1. The molecular weight excluding hydrogens is 222 g/mol. The summed E-state index contributed by atoms with van der Waals surface area (Å²) in [6.07, 6.45) is 0. The molecule has 4 heteroatoms. The molecule has 0 saturated heterocycles.